The van der Waals surface area contributed by atoms with E-state index in [1.807, 2.05) is 6.07 Å². The fourth-order valence-electron chi connectivity index (χ4n) is 6.47. The zero-order valence-corrected chi connectivity index (χ0v) is 30.7. The zero-order chi connectivity index (χ0) is 36.8. The van der Waals surface area contributed by atoms with Gasteiger partial charge in [0.25, 0.3) is 0 Å². The number of sulfone groups is 1. The molecule has 3 aliphatic rings. The van der Waals surface area contributed by atoms with Gasteiger partial charge in [-0.15, -0.1) is 0 Å². The molecular formula is C32H43ClFN4O11PS. The Morgan fingerprint density at radius 1 is 1.18 bits per heavy atom. The van der Waals surface area contributed by atoms with Crippen LogP contribution in [0.1, 0.15) is 95.8 Å². The molecule has 2 aliphatic heterocycles. The van der Waals surface area contributed by atoms with Gasteiger partial charge >= 0.3 is 19.7 Å². The monoisotopic (exact) mass is 776 g/mol. The normalized spacial score (nSPS) is 25.4. The number of carbonyl (C=O) groups is 2. The summed E-state index contributed by atoms with van der Waals surface area (Å²) in [6, 6.07) is 3.38. The number of hydrogen-bond acceptors (Lipinski definition) is 13. The largest absolute Gasteiger partial charge is 0.509 e. The summed E-state index contributed by atoms with van der Waals surface area (Å²) < 4.78 is 80.1. The number of esters is 1. The molecule has 5 atom stereocenters. The minimum Gasteiger partial charge on any atom is -0.438 e. The third-order valence-corrected chi connectivity index (χ3v) is 13.6. The summed E-state index contributed by atoms with van der Waals surface area (Å²) in [4.78, 5) is 38.8. The van der Waals surface area contributed by atoms with E-state index in [1.54, 1.807) is 6.07 Å². The molecule has 19 heteroatoms. The Hall–Kier alpha value is -3.00. The Kier molecular flexibility index (Phi) is 13.2. The number of nitrogens with zero attached hydrogens (tertiary/aromatic N) is 3. The molecule has 4 heterocycles. The van der Waals surface area contributed by atoms with Crippen molar-refractivity contribution < 1.29 is 55.3 Å². The molecule has 0 aromatic carbocycles. The first-order valence-electron chi connectivity index (χ1n) is 17.2. The number of rotatable bonds is 20. The van der Waals surface area contributed by atoms with Gasteiger partial charge in [-0.2, -0.15) is 5.26 Å². The predicted molar refractivity (Wildman–Crippen MR) is 182 cm³/mol. The lowest BCUT2D eigenvalue weighted by Gasteiger charge is -2.31. The first-order chi connectivity index (χ1) is 24.3. The number of nitriles is 1. The quantitative estimate of drug-likeness (QED) is 0.0500. The second kappa shape index (κ2) is 17.2. The number of halogens is 2. The van der Waals surface area contributed by atoms with Crippen LogP contribution in [0.3, 0.4) is 0 Å². The van der Waals surface area contributed by atoms with E-state index >= 15 is 0 Å². The van der Waals surface area contributed by atoms with Crippen molar-refractivity contribution in [3.05, 3.63) is 23.0 Å². The third kappa shape index (κ3) is 10.1. The maximum atomic E-state index is 13.5. The first kappa shape index (κ1) is 39.2. The molecule has 2 aromatic rings. The SMILES string of the molecule is CCCCCCCCCCCC(=O)OCOP(=O)(O)CS(=O)(=O)C[C@H]1O[C@@H](n2ccc3c(N[C@H]4C[C@@H](F)C4)c(C#N)c(Cl)nc32)[C@@H]2OC(=O)O[C@@H]21. The Bertz CT molecular complexity index is 1770. The smallest absolute Gasteiger partial charge is 0.438 e. The van der Waals surface area contributed by atoms with Crippen LogP contribution in [-0.4, -0.2) is 83.6 Å². The second-order valence-corrected chi connectivity index (χ2v) is 17.9. The van der Waals surface area contributed by atoms with Crippen LogP contribution in [0, 0.1) is 11.3 Å². The van der Waals surface area contributed by atoms with Crippen LogP contribution in [0.4, 0.5) is 14.9 Å². The molecule has 2 saturated heterocycles. The van der Waals surface area contributed by atoms with Gasteiger partial charge < -0.3 is 33.7 Å². The highest BCUT2D eigenvalue weighted by atomic mass is 35.5. The van der Waals surface area contributed by atoms with Crippen LogP contribution in [0.15, 0.2) is 12.3 Å². The van der Waals surface area contributed by atoms with Crippen LogP contribution in [-0.2, 0) is 42.7 Å². The van der Waals surface area contributed by atoms with Gasteiger partial charge in [-0.05, 0) is 25.3 Å². The van der Waals surface area contributed by atoms with E-state index in [4.69, 9.17) is 35.1 Å². The zero-order valence-electron chi connectivity index (χ0n) is 28.2. The highest BCUT2D eigenvalue weighted by Gasteiger charge is 2.56. The van der Waals surface area contributed by atoms with Crippen LogP contribution in [0.25, 0.3) is 11.0 Å². The van der Waals surface area contributed by atoms with Crippen LogP contribution in [0.2, 0.25) is 5.15 Å². The summed E-state index contributed by atoms with van der Waals surface area (Å²) >= 11 is 6.36. The topological polar surface area (TPSA) is 205 Å². The first-order valence-corrected chi connectivity index (χ1v) is 21.1. The molecule has 0 bridgehead atoms. The van der Waals surface area contributed by atoms with E-state index in [9.17, 15) is 37.1 Å². The van der Waals surface area contributed by atoms with Crippen molar-refractivity contribution in [2.75, 3.05) is 23.4 Å². The molecule has 3 fully saturated rings. The number of hydrogen-bond donors (Lipinski definition) is 2. The number of fused-ring (bicyclic) bond motifs is 2. The molecule has 51 heavy (non-hydrogen) atoms. The summed E-state index contributed by atoms with van der Waals surface area (Å²) in [6.07, 6.45) is 4.84. The van der Waals surface area contributed by atoms with Crippen LogP contribution in [0.5, 0.6) is 0 Å². The van der Waals surface area contributed by atoms with E-state index in [0.717, 1.165) is 25.7 Å². The van der Waals surface area contributed by atoms with Crippen molar-refractivity contribution >= 4 is 57.9 Å². The molecule has 1 saturated carbocycles. The van der Waals surface area contributed by atoms with Gasteiger partial charge in [0.2, 0.25) is 6.79 Å². The summed E-state index contributed by atoms with van der Waals surface area (Å²) in [5.41, 5.74) is -0.723. The molecule has 15 nitrogen and oxygen atoms in total. The predicted octanol–water partition coefficient (Wildman–Crippen LogP) is 6.27. The molecule has 0 amide bonds. The molecule has 2 N–H and O–H groups in total. The molecular weight excluding hydrogens is 734 g/mol. The van der Waals surface area contributed by atoms with Gasteiger partial charge in [0.1, 0.15) is 29.6 Å². The van der Waals surface area contributed by atoms with Gasteiger partial charge in [0.15, 0.2) is 38.9 Å². The third-order valence-electron chi connectivity index (χ3n) is 9.12. The molecule has 2 aromatic heterocycles. The molecule has 0 spiro atoms. The fourth-order valence-corrected chi connectivity index (χ4v) is 10.4. The second-order valence-electron chi connectivity index (χ2n) is 13.1. The summed E-state index contributed by atoms with van der Waals surface area (Å²) in [5, 5.41) is 13.2. The number of ether oxygens (including phenoxy) is 4. The van der Waals surface area contributed by atoms with Crippen molar-refractivity contribution in [3.8, 4) is 6.07 Å². The minimum atomic E-state index is -4.79. The van der Waals surface area contributed by atoms with Gasteiger partial charge in [0, 0.05) is 24.0 Å². The average molecular weight is 777 g/mol. The fraction of sp³-hybridized carbons (Fsp3) is 0.688. The molecule has 5 rings (SSSR count). The summed E-state index contributed by atoms with van der Waals surface area (Å²) in [6.45, 7) is 1.27. The van der Waals surface area contributed by atoms with Gasteiger partial charge in [-0.3, -0.25) is 13.9 Å². The molecule has 282 valence electrons. The van der Waals surface area contributed by atoms with Gasteiger partial charge in [-0.1, -0.05) is 69.9 Å². The van der Waals surface area contributed by atoms with Crippen LogP contribution < -0.4 is 5.32 Å². The van der Waals surface area contributed by atoms with Crippen molar-refractivity contribution in [1.82, 2.24) is 9.55 Å². The molecule has 1 unspecified atom stereocenters. The average Bonchev–Trinajstić information content (AvgIpc) is 3.72. The Balaban J connectivity index is 1.16. The standard InChI is InChI=1S/C32H43ClFN4O11PS/c1-2-3-4-5-6-7-8-9-10-11-25(39)45-18-46-50(41,42)19-51(43,44)17-24-27-28(49-32(40)48-27)31(47-24)38-13-12-22-26(36-21-14-20(34)15-21)23(16-35)29(33)37-30(22)38/h12-13,20-21,24,27-28,31H,2-11,14-15,17-19H2,1H3,(H,36,37)(H,41,42)/t20-,21+,24-,27-,28-,31-/m1/s1. The van der Waals surface area contributed by atoms with Crippen molar-refractivity contribution in [2.45, 2.75) is 121 Å². The van der Waals surface area contributed by atoms with E-state index in [1.165, 1.54) is 36.4 Å². The van der Waals surface area contributed by atoms with Gasteiger partial charge in [0.05, 0.1) is 11.4 Å². The maximum absolute atomic E-state index is 13.5. The van der Waals surface area contributed by atoms with Crippen molar-refractivity contribution in [3.63, 3.8) is 0 Å². The lowest BCUT2D eigenvalue weighted by Crippen LogP contribution is -2.36. The highest BCUT2D eigenvalue weighted by Crippen LogP contribution is 2.46. The number of pyridine rings is 1. The number of alkyl halides is 1. The van der Waals surface area contributed by atoms with Gasteiger partial charge in [-0.25, -0.2) is 22.6 Å². The van der Waals surface area contributed by atoms with Crippen molar-refractivity contribution in [2.24, 2.45) is 0 Å². The Labute approximate surface area is 300 Å². The van der Waals surface area contributed by atoms with E-state index < -0.39 is 78.3 Å². The lowest BCUT2D eigenvalue weighted by molar-refractivity contribution is -0.150. The summed E-state index contributed by atoms with van der Waals surface area (Å²) in [7, 11) is -9.20. The number of aromatic nitrogens is 2. The maximum Gasteiger partial charge on any atom is 0.509 e. The number of carbonyl (C=O) groups excluding carboxylic acids is 2. The lowest BCUT2D eigenvalue weighted by atomic mass is 9.90. The van der Waals surface area contributed by atoms with Crippen molar-refractivity contribution in [1.29, 1.82) is 5.26 Å². The number of unbranched alkanes of at least 4 members (excludes halogenated alkanes) is 8. The van der Waals surface area contributed by atoms with E-state index in [-0.39, 0.29) is 41.7 Å². The highest BCUT2D eigenvalue weighted by molar-refractivity contribution is 7.97. The Morgan fingerprint density at radius 3 is 2.51 bits per heavy atom. The molecule has 1 aliphatic carbocycles. The van der Waals surface area contributed by atoms with Crippen LogP contribution >= 0.6 is 19.2 Å². The minimum absolute atomic E-state index is 0.0539. The van der Waals surface area contributed by atoms with E-state index in [2.05, 4.69) is 17.2 Å². The number of anilines is 1. The summed E-state index contributed by atoms with van der Waals surface area (Å²) in [5.74, 6) is -1.48. The Morgan fingerprint density at radius 2 is 1.84 bits per heavy atom. The van der Waals surface area contributed by atoms with E-state index in [0.29, 0.717) is 17.5 Å². The molecule has 0 radical (unpaired) electrons. The number of nitrogens with one attached hydrogen (secondary N) is 1.